The Morgan fingerprint density at radius 3 is 2.55 bits per heavy atom. The van der Waals surface area contributed by atoms with E-state index >= 15 is 0 Å². The van der Waals surface area contributed by atoms with Crippen molar-refractivity contribution in [2.24, 2.45) is 5.92 Å². The number of aliphatic hydroxyl groups is 1. The third-order valence-corrected chi connectivity index (χ3v) is 1.94. The molecule has 0 unspecified atom stereocenters. The molecule has 0 spiro atoms. The summed E-state index contributed by atoms with van der Waals surface area (Å²) in [5.74, 6) is -0.0462. The summed E-state index contributed by atoms with van der Waals surface area (Å²) in [4.78, 5) is 10.7. The van der Waals surface area contributed by atoms with E-state index in [0.717, 1.165) is 0 Å². The molecule has 0 rings (SSSR count). The molecule has 0 aromatic carbocycles. The molecule has 0 amide bonds. The van der Waals surface area contributed by atoms with Gasteiger partial charge in [-0.2, -0.15) is 0 Å². The van der Waals surface area contributed by atoms with Crippen molar-refractivity contribution in [3.63, 3.8) is 0 Å². The van der Waals surface area contributed by atoms with Crippen LogP contribution in [0.5, 0.6) is 0 Å². The highest BCUT2D eigenvalue weighted by Crippen LogP contribution is 2.21. The molecular weight excluding hydrogens is 140 g/mol. The molecule has 2 nitrogen and oxygen atoms in total. The second-order valence-corrected chi connectivity index (χ2v) is 3.26. The van der Waals surface area contributed by atoms with Crippen LogP contribution in [0.2, 0.25) is 0 Å². The highest BCUT2D eigenvalue weighted by Gasteiger charge is 2.27. The first-order valence-electron chi connectivity index (χ1n) is 3.74. The maximum Gasteiger partial charge on any atom is 0.132 e. The number of rotatable bonds is 4. The summed E-state index contributed by atoms with van der Waals surface area (Å²) in [6, 6.07) is 0. The second kappa shape index (κ2) is 3.67. The van der Waals surface area contributed by atoms with Crippen molar-refractivity contribution >= 4 is 5.78 Å². The molecule has 0 aliphatic heterocycles. The Bertz CT molecular complexity index is 159. The van der Waals surface area contributed by atoms with Gasteiger partial charge in [0.05, 0.1) is 5.60 Å². The third-order valence-electron chi connectivity index (χ3n) is 1.94. The minimum Gasteiger partial charge on any atom is -0.389 e. The molecule has 2 atom stereocenters. The van der Waals surface area contributed by atoms with Crippen LogP contribution in [0.4, 0.5) is 0 Å². The van der Waals surface area contributed by atoms with Crippen LogP contribution in [0.1, 0.15) is 27.2 Å². The summed E-state index contributed by atoms with van der Waals surface area (Å²) in [6.07, 6.45) is 1.85. The Kier molecular flexibility index (Phi) is 3.46. The molecular formula is C9H16O2. The highest BCUT2D eigenvalue weighted by molar-refractivity contribution is 5.76. The monoisotopic (exact) mass is 156 g/mol. The fraction of sp³-hybridized carbons (Fsp3) is 0.667. The van der Waals surface area contributed by atoms with Crippen LogP contribution in [0.15, 0.2) is 12.7 Å². The molecule has 0 saturated carbocycles. The van der Waals surface area contributed by atoms with Crippen LogP contribution in [0.25, 0.3) is 0 Å². The van der Waals surface area contributed by atoms with Gasteiger partial charge in [-0.3, -0.25) is 4.79 Å². The van der Waals surface area contributed by atoms with E-state index in [2.05, 4.69) is 6.58 Å². The lowest BCUT2D eigenvalue weighted by molar-refractivity contribution is -0.122. The van der Waals surface area contributed by atoms with Crippen molar-refractivity contribution in [1.29, 1.82) is 0 Å². The van der Waals surface area contributed by atoms with E-state index in [4.69, 9.17) is 0 Å². The van der Waals surface area contributed by atoms with E-state index in [0.29, 0.717) is 0 Å². The molecule has 0 radical (unpaired) electrons. The minimum atomic E-state index is -0.937. The first kappa shape index (κ1) is 10.4. The molecule has 0 aromatic heterocycles. The average molecular weight is 156 g/mol. The van der Waals surface area contributed by atoms with E-state index in [1.54, 1.807) is 13.0 Å². The molecule has 11 heavy (non-hydrogen) atoms. The molecule has 0 saturated heterocycles. The Morgan fingerprint density at radius 1 is 1.82 bits per heavy atom. The van der Waals surface area contributed by atoms with Crippen LogP contribution in [0, 0.1) is 5.92 Å². The number of hydrogen-bond donors (Lipinski definition) is 1. The van der Waals surface area contributed by atoms with Crippen LogP contribution < -0.4 is 0 Å². The fourth-order valence-electron chi connectivity index (χ4n) is 0.919. The van der Waals surface area contributed by atoms with Crippen molar-refractivity contribution < 1.29 is 9.90 Å². The quantitative estimate of drug-likeness (QED) is 0.627. The van der Waals surface area contributed by atoms with Crippen LogP contribution in [-0.2, 0) is 4.79 Å². The van der Waals surface area contributed by atoms with Crippen LogP contribution >= 0.6 is 0 Å². The first-order valence-corrected chi connectivity index (χ1v) is 3.74. The van der Waals surface area contributed by atoms with Crippen molar-refractivity contribution in [2.75, 3.05) is 0 Å². The molecule has 64 valence electrons. The zero-order valence-corrected chi connectivity index (χ0v) is 7.42. The number of carbonyl (C=O) groups excluding carboxylic acids is 1. The van der Waals surface area contributed by atoms with E-state index < -0.39 is 5.60 Å². The Morgan fingerprint density at radius 2 is 2.27 bits per heavy atom. The van der Waals surface area contributed by atoms with Crippen molar-refractivity contribution in [2.45, 2.75) is 32.8 Å². The predicted molar refractivity (Wildman–Crippen MR) is 45.3 cm³/mol. The van der Waals surface area contributed by atoms with Gasteiger partial charge in [0.25, 0.3) is 0 Å². The third kappa shape index (κ3) is 3.33. The van der Waals surface area contributed by atoms with Crippen molar-refractivity contribution in [3.8, 4) is 0 Å². The van der Waals surface area contributed by atoms with Gasteiger partial charge in [0.2, 0.25) is 0 Å². The van der Waals surface area contributed by atoms with E-state index in [9.17, 15) is 9.90 Å². The maximum atomic E-state index is 10.7. The molecule has 1 N–H and O–H groups in total. The van der Waals surface area contributed by atoms with Gasteiger partial charge in [0.1, 0.15) is 5.78 Å². The van der Waals surface area contributed by atoms with Gasteiger partial charge in [-0.25, -0.2) is 0 Å². The van der Waals surface area contributed by atoms with Gasteiger partial charge in [-0.05, 0) is 13.8 Å². The minimum absolute atomic E-state index is 0.00343. The fourth-order valence-corrected chi connectivity index (χ4v) is 0.919. The highest BCUT2D eigenvalue weighted by atomic mass is 16.3. The van der Waals surface area contributed by atoms with Gasteiger partial charge >= 0.3 is 0 Å². The summed E-state index contributed by atoms with van der Waals surface area (Å²) < 4.78 is 0. The number of carbonyl (C=O) groups is 1. The molecule has 0 aliphatic carbocycles. The predicted octanol–water partition coefficient (Wildman–Crippen LogP) is 1.54. The lowest BCUT2D eigenvalue weighted by Crippen LogP contribution is -2.33. The number of Topliss-reactive ketones (excluding diaryl/α,β-unsaturated/α-hetero) is 1. The second-order valence-electron chi connectivity index (χ2n) is 3.26. The summed E-state index contributed by atoms with van der Waals surface area (Å²) in [5, 5.41) is 9.66. The zero-order chi connectivity index (χ0) is 9.07. The summed E-state index contributed by atoms with van der Waals surface area (Å²) in [6.45, 7) is 8.54. The maximum absolute atomic E-state index is 10.7. The lowest BCUT2D eigenvalue weighted by Gasteiger charge is -2.26. The van der Waals surface area contributed by atoms with Gasteiger partial charge in [-0.15, -0.1) is 6.58 Å². The van der Waals surface area contributed by atoms with Crippen LogP contribution in [-0.4, -0.2) is 16.5 Å². The number of hydrogen-bond acceptors (Lipinski definition) is 2. The van der Waals surface area contributed by atoms with Gasteiger partial charge < -0.3 is 5.11 Å². The van der Waals surface area contributed by atoms with Gasteiger partial charge in [0.15, 0.2) is 0 Å². The van der Waals surface area contributed by atoms with E-state index in [1.807, 2.05) is 6.92 Å². The normalized spacial score (nSPS) is 18.5. The largest absolute Gasteiger partial charge is 0.389 e. The van der Waals surface area contributed by atoms with Crippen molar-refractivity contribution in [1.82, 2.24) is 0 Å². The Labute approximate surface area is 67.9 Å². The first-order chi connectivity index (χ1) is 4.90. The van der Waals surface area contributed by atoms with Crippen molar-refractivity contribution in [3.05, 3.63) is 12.7 Å². The molecule has 0 aromatic rings. The van der Waals surface area contributed by atoms with E-state index in [-0.39, 0.29) is 18.1 Å². The van der Waals surface area contributed by atoms with Gasteiger partial charge in [0, 0.05) is 12.3 Å². The molecule has 0 fully saturated rings. The summed E-state index contributed by atoms with van der Waals surface area (Å²) >= 11 is 0. The molecule has 0 bridgehead atoms. The molecule has 0 heterocycles. The number of ketones is 1. The van der Waals surface area contributed by atoms with Gasteiger partial charge in [-0.1, -0.05) is 13.0 Å². The smallest absolute Gasteiger partial charge is 0.132 e. The topological polar surface area (TPSA) is 37.3 Å². The summed E-state index contributed by atoms with van der Waals surface area (Å²) in [7, 11) is 0. The zero-order valence-electron chi connectivity index (χ0n) is 7.42. The average Bonchev–Trinajstić information content (AvgIpc) is 1.83. The lowest BCUT2D eigenvalue weighted by atomic mass is 9.86. The Balaban J connectivity index is 4.19. The Hall–Kier alpha value is -0.630. The van der Waals surface area contributed by atoms with Crippen LogP contribution in [0.3, 0.4) is 0 Å². The molecule has 0 aliphatic rings. The standard InChI is InChI=1S/C9H16O2/c1-5-7(2)9(4,11)6-8(3)10/h5,7,11H,1,6H2,2-4H3/t7-,9-/m1/s1. The summed E-state index contributed by atoms with van der Waals surface area (Å²) in [5.41, 5.74) is -0.937. The molecule has 2 heteroatoms. The SMILES string of the molecule is C=C[C@@H](C)[C@](C)(O)CC(C)=O. The van der Waals surface area contributed by atoms with E-state index in [1.165, 1.54) is 6.92 Å².